The van der Waals surface area contributed by atoms with E-state index in [1.165, 1.54) is 0 Å². The average Bonchev–Trinajstić information content (AvgIpc) is 2.16. The van der Waals surface area contributed by atoms with Gasteiger partial charge in [0.15, 0.2) is 0 Å². The zero-order chi connectivity index (χ0) is 13.6. The van der Waals surface area contributed by atoms with E-state index in [1.54, 1.807) is 11.8 Å². The summed E-state index contributed by atoms with van der Waals surface area (Å²) >= 11 is 1.64. The molecular formula is C13H25N3S. The molecule has 0 aromatic heterocycles. The summed E-state index contributed by atoms with van der Waals surface area (Å²) < 4.78 is 0. The van der Waals surface area contributed by atoms with Gasteiger partial charge in [0.05, 0.1) is 0 Å². The molecule has 0 fully saturated rings. The number of allylic oxidation sites excluding steroid dienone is 1. The van der Waals surface area contributed by atoms with Crippen LogP contribution in [-0.4, -0.2) is 11.8 Å². The second kappa shape index (κ2) is 7.45. The lowest BCUT2D eigenvalue weighted by Gasteiger charge is -2.18. The van der Waals surface area contributed by atoms with E-state index >= 15 is 0 Å². The van der Waals surface area contributed by atoms with Gasteiger partial charge in [-0.15, -0.1) is 11.8 Å². The Morgan fingerprint density at radius 3 is 2.12 bits per heavy atom. The van der Waals surface area contributed by atoms with Gasteiger partial charge >= 0.3 is 0 Å². The highest BCUT2D eigenvalue weighted by Crippen LogP contribution is 2.28. The van der Waals surface area contributed by atoms with Gasteiger partial charge in [0.2, 0.25) is 0 Å². The van der Waals surface area contributed by atoms with Gasteiger partial charge < -0.3 is 17.2 Å². The van der Waals surface area contributed by atoms with E-state index in [2.05, 4.69) is 27.0 Å². The van der Waals surface area contributed by atoms with Crippen LogP contribution in [0.2, 0.25) is 0 Å². The molecule has 4 heteroatoms. The molecule has 0 radical (unpaired) electrons. The molecule has 0 aliphatic heterocycles. The van der Waals surface area contributed by atoms with Crippen LogP contribution in [0.25, 0.3) is 0 Å². The van der Waals surface area contributed by atoms with Crippen molar-refractivity contribution in [3.05, 3.63) is 35.0 Å². The molecule has 0 aromatic carbocycles. The first kappa shape index (κ1) is 16.1. The lowest BCUT2D eigenvalue weighted by molar-refractivity contribution is 0.725. The summed E-state index contributed by atoms with van der Waals surface area (Å²) in [4.78, 5) is 1.15. The van der Waals surface area contributed by atoms with Gasteiger partial charge in [0.25, 0.3) is 0 Å². The number of nitrogens with two attached hydrogens (primary N) is 3. The van der Waals surface area contributed by atoms with Gasteiger partial charge in [0, 0.05) is 34.5 Å². The molecule has 0 amide bonds. The molecule has 0 saturated carbocycles. The van der Waals surface area contributed by atoms with E-state index in [-0.39, 0.29) is 6.04 Å². The Bertz CT molecular complexity index is 319. The topological polar surface area (TPSA) is 78.1 Å². The van der Waals surface area contributed by atoms with Crippen molar-refractivity contribution in [1.82, 2.24) is 0 Å². The maximum absolute atomic E-state index is 6.11. The summed E-state index contributed by atoms with van der Waals surface area (Å²) in [7, 11) is 0. The normalized spacial score (nSPS) is 14.4. The summed E-state index contributed by atoms with van der Waals surface area (Å²) in [5, 5.41) is 0. The maximum Gasteiger partial charge on any atom is 0.0369 e. The Balaban J connectivity index is 4.74. The van der Waals surface area contributed by atoms with Crippen molar-refractivity contribution in [2.45, 2.75) is 33.2 Å². The minimum atomic E-state index is -0.0783. The molecule has 0 saturated heterocycles. The van der Waals surface area contributed by atoms with E-state index in [0.717, 1.165) is 16.2 Å². The van der Waals surface area contributed by atoms with Crippen molar-refractivity contribution in [2.75, 3.05) is 5.75 Å². The predicted octanol–water partition coefficient (Wildman–Crippen LogP) is 2.31. The summed E-state index contributed by atoms with van der Waals surface area (Å²) in [6.07, 6.45) is 0.646. The molecule has 0 aliphatic carbocycles. The third-order valence-electron chi connectivity index (χ3n) is 2.33. The van der Waals surface area contributed by atoms with Crippen LogP contribution in [0.1, 0.15) is 27.2 Å². The van der Waals surface area contributed by atoms with E-state index in [4.69, 9.17) is 17.2 Å². The standard InChI is InChI=1S/C13H25N3S/c1-8(2)11(15)6-12(16)13(9(3)4)17-7-10(5)14/h9,11H,1,5-7,14-16H2,2-4H3/b13-12-/t11-/m0/s1. The van der Waals surface area contributed by atoms with Crippen LogP contribution in [-0.2, 0) is 0 Å². The van der Waals surface area contributed by atoms with Crippen molar-refractivity contribution >= 4 is 11.8 Å². The Hall–Kier alpha value is -0.870. The summed E-state index contributed by atoms with van der Waals surface area (Å²) in [5.41, 5.74) is 20.1. The Morgan fingerprint density at radius 1 is 1.24 bits per heavy atom. The Kier molecular flexibility index (Phi) is 7.07. The molecule has 6 N–H and O–H groups in total. The van der Waals surface area contributed by atoms with Crippen LogP contribution < -0.4 is 17.2 Å². The molecule has 0 bridgehead atoms. The molecule has 1 atom stereocenters. The minimum absolute atomic E-state index is 0.0783. The number of thioether (sulfide) groups is 1. The number of hydrogen-bond acceptors (Lipinski definition) is 4. The second-order valence-corrected chi connectivity index (χ2v) is 5.67. The monoisotopic (exact) mass is 255 g/mol. The molecule has 0 aromatic rings. The number of rotatable bonds is 7. The zero-order valence-corrected chi connectivity index (χ0v) is 11.9. The number of hydrogen-bond donors (Lipinski definition) is 3. The van der Waals surface area contributed by atoms with E-state index < -0.39 is 0 Å². The van der Waals surface area contributed by atoms with Crippen molar-refractivity contribution < 1.29 is 0 Å². The fourth-order valence-electron chi connectivity index (χ4n) is 1.31. The van der Waals surface area contributed by atoms with Crippen molar-refractivity contribution in [3.63, 3.8) is 0 Å². The SMILES string of the molecule is C=C(N)CS/C(=C(\N)C[C@H](N)C(=C)C)C(C)C. The van der Waals surface area contributed by atoms with E-state index in [9.17, 15) is 0 Å². The smallest absolute Gasteiger partial charge is 0.0369 e. The average molecular weight is 255 g/mol. The van der Waals surface area contributed by atoms with Gasteiger partial charge in [0.1, 0.15) is 0 Å². The lowest BCUT2D eigenvalue weighted by atomic mass is 10.0. The van der Waals surface area contributed by atoms with Crippen LogP contribution in [0.15, 0.2) is 35.0 Å². The van der Waals surface area contributed by atoms with Crippen molar-refractivity contribution in [1.29, 1.82) is 0 Å². The van der Waals surface area contributed by atoms with Crippen molar-refractivity contribution in [2.24, 2.45) is 23.1 Å². The molecule has 0 aliphatic rings. The lowest BCUT2D eigenvalue weighted by Crippen LogP contribution is -2.24. The van der Waals surface area contributed by atoms with Gasteiger partial charge in [-0.05, 0) is 12.8 Å². The summed E-state index contributed by atoms with van der Waals surface area (Å²) in [6.45, 7) is 13.7. The summed E-state index contributed by atoms with van der Waals surface area (Å²) in [6, 6.07) is -0.0783. The minimum Gasteiger partial charge on any atom is -0.402 e. The van der Waals surface area contributed by atoms with Gasteiger partial charge in [-0.3, -0.25) is 0 Å². The Morgan fingerprint density at radius 2 is 1.76 bits per heavy atom. The Labute approximate surface area is 109 Å². The third-order valence-corrected chi connectivity index (χ3v) is 3.89. The molecule has 0 unspecified atom stereocenters. The molecule has 0 rings (SSSR count). The first-order valence-corrected chi connectivity index (χ1v) is 6.69. The molecular weight excluding hydrogens is 230 g/mol. The third kappa shape index (κ3) is 6.44. The second-order valence-electron chi connectivity index (χ2n) is 4.65. The molecule has 0 heterocycles. The fourth-order valence-corrected chi connectivity index (χ4v) is 2.26. The van der Waals surface area contributed by atoms with Gasteiger partial charge in [-0.2, -0.15) is 0 Å². The van der Waals surface area contributed by atoms with E-state index in [0.29, 0.717) is 23.8 Å². The first-order chi connectivity index (χ1) is 7.75. The fraction of sp³-hybridized carbons (Fsp3) is 0.538. The quantitative estimate of drug-likeness (QED) is 0.610. The van der Waals surface area contributed by atoms with Crippen molar-refractivity contribution in [3.8, 4) is 0 Å². The van der Waals surface area contributed by atoms with Crippen LogP contribution in [0.3, 0.4) is 0 Å². The molecule has 17 heavy (non-hydrogen) atoms. The van der Waals surface area contributed by atoms with Crippen LogP contribution in [0.4, 0.5) is 0 Å². The van der Waals surface area contributed by atoms with Crippen LogP contribution >= 0.6 is 11.8 Å². The van der Waals surface area contributed by atoms with Crippen LogP contribution in [0, 0.1) is 5.92 Å². The van der Waals surface area contributed by atoms with Gasteiger partial charge in [-0.1, -0.05) is 32.6 Å². The molecule has 0 spiro atoms. The summed E-state index contributed by atoms with van der Waals surface area (Å²) in [5.74, 6) is 1.06. The highest BCUT2D eigenvalue weighted by atomic mass is 32.2. The molecule has 98 valence electrons. The highest BCUT2D eigenvalue weighted by molar-refractivity contribution is 8.03. The maximum atomic E-state index is 6.11. The zero-order valence-electron chi connectivity index (χ0n) is 11.1. The highest BCUT2D eigenvalue weighted by Gasteiger charge is 2.13. The largest absolute Gasteiger partial charge is 0.402 e. The van der Waals surface area contributed by atoms with Crippen LogP contribution in [0.5, 0.6) is 0 Å². The van der Waals surface area contributed by atoms with E-state index in [1.807, 2.05) is 6.92 Å². The first-order valence-electron chi connectivity index (χ1n) is 5.71. The molecule has 3 nitrogen and oxygen atoms in total. The van der Waals surface area contributed by atoms with Gasteiger partial charge in [-0.25, -0.2) is 0 Å². The predicted molar refractivity (Wildman–Crippen MR) is 79.2 cm³/mol.